The molecule has 0 amide bonds. The normalized spacial score (nSPS) is 26.7. The van der Waals surface area contributed by atoms with E-state index in [0.29, 0.717) is 17.8 Å². The lowest BCUT2D eigenvalue weighted by Crippen LogP contribution is -2.35. The van der Waals surface area contributed by atoms with E-state index in [1.165, 1.54) is 6.42 Å². The minimum Gasteiger partial charge on any atom is -0.462 e. The van der Waals surface area contributed by atoms with Crippen LogP contribution in [0.1, 0.15) is 51.7 Å². The fraction of sp³-hybridized carbons (Fsp3) is 0.632. The van der Waals surface area contributed by atoms with Crippen LogP contribution in [0.25, 0.3) is 0 Å². The second kappa shape index (κ2) is 7.77. The van der Waals surface area contributed by atoms with Crippen molar-refractivity contribution in [2.24, 2.45) is 23.7 Å². The summed E-state index contributed by atoms with van der Waals surface area (Å²) in [5.74, 6) is 1.31. The molecule has 3 heteroatoms. The van der Waals surface area contributed by atoms with Gasteiger partial charge in [-0.3, -0.25) is 4.79 Å². The van der Waals surface area contributed by atoms with Crippen LogP contribution in [-0.2, 0) is 9.53 Å². The standard InChI is InChI=1S/C19H28O3/c1-13(2)16-10-9-14(3)11-17(16)19(21)22-12-18(20)15-7-5-4-6-8-15/h4-8,13-14,16-18,20H,9-12H2,1-3H3/t14-,16+,17-,18?/m1/s1. The van der Waals surface area contributed by atoms with E-state index in [4.69, 9.17) is 4.74 Å². The Hall–Kier alpha value is -1.35. The van der Waals surface area contributed by atoms with Crippen LogP contribution in [0, 0.1) is 23.7 Å². The molecule has 0 saturated heterocycles. The average molecular weight is 304 g/mol. The maximum absolute atomic E-state index is 12.5. The molecule has 1 aliphatic carbocycles. The van der Waals surface area contributed by atoms with Crippen molar-refractivity contribution in [2.75, 3.05) is 6.61 Å². The molecule has 0 aromatic heterocycles. The first-order valence-electron chi connectivity index (χ1n) is 8.38. The van der Waals surface area contributed by atoms with Gasteiger partial charge in [0.25, 0.3) is 0 Å². The van der Waals surface area contributed by atoms with E-state index < -0.39 is 6.10 Å². The lowest BCUT2D eigenvalue weighted by molar-refractivity contribution is -0.156. The van der Waals surface area contributed by atoms with Crippen molar-refractivity contribution in [3.05, 3.63) is 35.9 Å². The lowest BCUT2D eigenvalue weighted by atomic mass is 9.70. The third-order valence-corrected chi connectivity index (χ3v) is 4.89. The van der Waals surface area contributed by atoms with Gasteiger partial charge in [-0.05, 0) is 36.2 Å². The fourth-order valence-electron chi connectivity index (χ4n) is 3.51. The second-order valence-electron chi connectivity index (χ2n) is 6.99. The highest BCUT2D eigenvalue weighted by atomic mass is 16.5. The van der Waals surface area contributed by atoms with Gasteiger partial charge in [0.1, 0.15) is 12.7 Å². The highest BCUT2D eigenvalue weighted by molar-refractivity contribution is 5.73. The molecule has 2 rings (SSSR count). The first kappa shape index (κ1) is 17.0. The van der Waals surface area contributed by atoms with Gasteiger partial charge in [0.15, 0.2) is 0 Å². The summed E-state index contributed by atoms with van der Waals surface area (Å²) in [6.07, 6.45) is 2.45. The Morgan fingerprint density at radius 1 is 1.27 bits per heavy atom. The molecule has 3 nitrogen and oxygen atoms in total. The molecule has 0 spiro atoms. The van der Waals surface area contributed by atoms with Crippen LogP contribution < -0.4 is 0 Å². The third kappa shape index (κ3) is 4.33. The molecule has 0 radical (unpaired) electrons. The highest BCUT2D eigenvalue weighted by Crippen LogP contribution is 2.38. The number of benzene rings is 1. The smallest absolute Gasteiger partial charge is 0.309 e. The molecule has 4 atom stereocenters. The molecule has 1 saturated carbocycles. The van der Waals surface area contributed by atoms with Crippen LogP contribution in [0.4, 0.5) is 0 Å². The Balaban J connectivity index is 1.92. The molecule has 0 bridgehead atoms. The predicted molar refractivity (Wildman–Crippen MR) is 87.2 cm³/mol. The van der Waals surface area contributed by atoms with Gasteiger partial charge < -0.3 is 9.84 Å². The van der Waals surface area contributed by atoms with E-state index in [2.05, 4.69) is 20.8 Å². The molecule has 22 heavy (non-hydrogen) atoms. The van der Waals surface area contributed by atoms with Crippen molar-refractivity contribution in [3.8, 4) is 0 Å². The van der Waals surface area contributed by atoms with Crippen LogP contribution in [-0.4, -0.2) is 17.7 Å². The average Bonchev–Trinajstić information content (AvgIpc) is 2.52. The number of carbonyl (C=O) groups excluding carboxylic acids is 1. The fourth-order valence-corrected chi connectivity index (χ4v) is 3.51. The largest absolute Gasteiger partial charge is 0.462 e. The number of carbonyl (C=O) groups is 1. The summed E-state index contributed by atoms with van der Waals surface area (Å²) in [4.78, 5) is 12.5. The minimum atomic E-state index is -0.747. The van der Waals surface area contributed by atoms with Crippen LogP contribution in [0.5, 0.6) is 0 Å². The summed E-state index contributed by atoms with van der Waals surface area (Å²) >= 11 is 0. The van der Waals surface area contributed by atoms with Gasteiger partial charge in [0.2, 0.25) is 0 Å². The summed E-state index contributed by atoms with van der Waals surface area (Å²) in [6, 6.07) is 9.34. The van der Waals surface area contributed by atoms with E-state index >= 15 is 0 Å². The maximum atomic E-state index is 12.5. The number of rotatable bonds is 5. The van der Waals surface area contributed by atoms with Crippen molar-refractivity contribution in [3.63, 3.8) is 0 Å². The second-order valence-corrected chi connectivity index (χ2v) is 6.99. The number of hydrogen-bond donors (Lipinski definition) is 1. The topological polar surface area (TPSA) is 46.5 Å². The molecule has 0 heterocycles. The monoisotopic (exact) mass is 304 g/mol. The van der Waals surface area contributed by atoms with E-state index in [0.717, 1.165) is 18.4 Å². The summed E-state index contributed by atoms with van der Waals surface area (Å²) in [7, 11) is 0. The molecule has 0 aliphatic heterocycles. The highest BCUT2D eigenvalue weighted by Gasteiger charge is 2.36. The van der Waals surface area contributed by atoms with Crippen molar-refractivity contribution in [2.45, 2.75) is 46.1 Å². The quantitative estimate of drug-likeness (QED) is 0.837. The summed E-state index contributed by atoms with van der Waals surface area (Å²) in [6.45, 7) is 6.60. The van der Waals surface area contributed by atoms with Gasteiger partial charge in [-0.1, -0.05) is 57.5 Å². The van der Waals surface area contributed by atoms with Crippen LogP contribution in [0.3, 0.4) is 0 Å². The zero-order chi connectivity index (χ0) is 16.1. The predicted octanol–water partition coefficient (Wildman–Crippen LogP) is 3.97. The number of aliphatic hydroxyl groups is 1. The van der Waals surface area contributed by atoms with E-state index in [-0.39, 0.29) is 18.5 Å². The number of ether oxygens (including phenoxy) is 1. The van der Waals surface area contributed by atoms with Crippen LogP contribution in [0.2, 0.25) is 0 Å². The van der Waals surface area contributed by atoms with E-state index in [9.17, 15) is 9.90 Å². The van der Waals surface area contributed by atoms with Gasteiger partial charge in [0, 0.05) is 0 Å². The van der Waals surface area contributed by atoms with Crippen LogP contribution >= 0.6 is 0 Å². The third-order valence-electron chi connectivity index (χ3n) is 4.89. The molecule has 1 fully saturated rings. The Morgan fingerprint density at radius 3 is 2.59 bits per heavy atom. The molecule has 1 aromatic carbocycles. The zero-order valence-corrected chi connectivity index (χ0v) is 13.9. The molecular weight excluding hydrogens is 276 g/mol. The van der Waals surface area contributed by atoms with Gasteiger partial charge in [-0.2, -0.15) is 0 Å². The lowest BCUT2D eigenvalue weighted by Gasteiger charge is -2.35. The van der Waals surface area contributed by atoms with Gasteiger partial charge in [-0.15, -0.1) is 0 Å². The Labute approximate surface area is 133 Å². The first-order chi connectivity index (χ1) is 10.5. The van der Waals surface area contributed by atoms with E-state index in [1.807, 2.05) is 30.3 Å². The maximum Gasteiger partial charge on any atom is 0.309 e. The Morgan fingerprint density at radius 2 is 1.95 bits per heavy atom. The first-order valence-corrected chi connectivity index (χ1v) is 8.38. The van der Waals surface area contributed by atoms with Gasteiger partial charge in [-0.25, -0.2) is 0 Å². The molecular formula is C19H28O3. The Kier molecular flexibility index (Phi) is 6.01. The number of aliphatic hydroxyl groups excluding tert-OH is 1. The van der Waals surface area contributed by atoms with Crippen molar-refractivity contribution < 1.29 is 14.6 Å². The van der Waals surface area contributed by atoms with Crippen LogP contribution in [0.15, 0.2) is 30.3 Å². The summed E-state index contributed by atoms with van der Waals surface area (Å²) in [5, 5.41) is 10.1. The van der Waals surface area contributed by atoms with E-state index in [1.54, 1.807) is 0 Å². The summed E-state index contributed by atoms with van der Waals surface area (Å²) < 4.78 is 5.44. The molecule has 122 valence electrons. The molecule has 1 unspecified atom stereocenters. The number of hydrogen-bond acceptors (Lipinski definition) is 3. The zero-order valence-electron chi connectivity index (χ0n) is 13.9. The summed E-state index contributed by atoms with van der Waals surface area (Å²) in [5.41, 5.74) is 0.785. The van der Waals surface area contributed by atoms with Gasteiger partial charge >= 0.3 is 5.97 Å². The van der Waals surface area contributed by atoms with Crippen molar-refractivity contribution >= 4 is 5.97 Å². The Bertz CT molecular complexity index is 469. The minimum absolute atomic E-state index is 0.0216. The molecule has 1 aliphatic rings. The molecule has 1 aromatic rings. The number of esters is 1. The van der Waals surface area contributed by atoms with Gasteiger partial charge in [0.05, 0.1) is 5.92 Å². The van der Waals surface area contributed by atoms with Crippen molar-refractivity contribution in [1.29, 1.82) is 0 Å². The molecule has 1 N–H and O–H groups in total. The SMILES string of the molecule is CC(C)[C@@H]1CC[C@@H](C)C[C@H]1C(=O)OCC(O)c1ccccc1. The van der Waals surface area contributed by atoms with Crippen molar-refractivity contribution in [1.82, 2.24) is 0 Å².